The van der Waals surface area contributed by atoms with Crippen LogP contribution in [0.15, 0.2) is 0 Å². The molecule has 0 aromatic heterocycles. The maximum absolute atomic E-state index is 10.7. The number of rotatable bonds is 1. The van der Waals surface area contributed by atoms with E-state index in [0.717, 1.165) is 36.5 Å². The highest BCUT2D eigenvalue weighted by molar-refractivity contribution is 5.34. The Kier molecular flexibility index (Phi) is 2.69. The Labute approximate surface area is 130 Å². The van der Waals surface area contributed by atoms with E-state index in [1.807, 2.05) is 0 Å². The standard InChI is InChI=1S/C20H34O/c1-13(2)15-7-9-20-16-12-17(4,21)10-11-19(16,20)14(3)6-8-18(15,20)5/h13-16,21H,6-12H2,1-5H3/t14-,15+,16+,17-,18+,19+,20+/m1/s1. The van der Waals surface area contributed by atoms with Crippen molar-refractivity contribution in [1.82, 2.24) is 0 Å². The highest BCUT2D eigenvalue weighted by atomic mass is 16.3. The molecule has 0 radical (unpaired) electrons. The van der Waals surface area contributed by atoms with Gasteiger partial charge in [0.1, 0.15) is 0 Å². The minimum atomic E-state index is -0.390. The molecule has 120 valence electrons. The molecule has 1 N–H and O–H groups in total. The lowest BCUT2D eigenvalue weighted by atomic mass is 9.56. The minimum Gasteiger partial charge on any atom is -0.390 e. The summed E-state index contributed by atoms with van der Waals surface area (Å²) >= 11 is 0. The number of aliphatic hydroxyl groups is 1. The molecule has 7 atom stereocenters. The van der Waals surface area contributed by atoms with Crippen molar-refractivity contribution in [3.05, 3.63) is 0 Å². The van der Waals surface area contributed by atoms with E-state index in [1.54, 1.807) is 0 Å². The summed E-state index contributed by atoms with van der Waals surface area (Å²) in [6, 6.07) is 0. The zero-order valence-electron chi connectivity index (χ0n) is 14.7. The van der Waals surface area contributed by atoms with Gasteiger partial charge in [0, 0.05) is 0 Å². The second-order valence-electron chi connectivity index (χ2n) is 10.0. The summed E-state index contributed by atoms with van der Waals surface area (Å²) in [6.07, 6.45) is 9.19. The zero-order chi connectivity index (χ0) is 15.3. The molecule has 1 nitrogen and oxygen atoms in total. The summed E-state index contributed by atoms with van der Waals surface area (Å²) in [5, 5.41) is 10.7. The van der Waals surface area contributed by atoms with Gasteiger partial charge in [-0.3, -0.25) is 0 Å². The first-order chi connectivity index (χ1) is 9.71. The van der Waals surface area contributed by atoms with Crippen molar-refractivity contribution in [1.29, 1.82) is 0 Å². The maximum atomic E-state index is 10.7. The maximum Gasteiger partial charge on any atom is 0.0623 e. The van der Waals surface area contributed by atoms with Gasteiger partial charge >= 0.3 is 0 Å². The zero-order valence-corrected chi connectivity index (χ0v) is 14.7. The predicted molar refractivity (Wildman–Crippen MR) is 86.9 cm³/mol. The van der Waals surface area contributed by atoms with Crippen molar-refractivity contribution in [2.45, 2.75) is 85.2 Å². The Hall–Kier alpha value is -0.0400. The van der Waals surface area contributed by atoms with E-state index < -0.39 is 5.60 Å². The molecule has 4 fully saturated rings. The molecule has 4 saturated carbocycles. The molecule has 0 aromatic rings. The van der Waals surface area contributed by atoms with Crippen LogP contribution < -0.4 is 0 Å². The van der Waals surface area contributed by atoms with Crippen molar-refractivity contribution >= 4 is 0 Å². The van der Waals surface area contributed by atoms with Crippen LogP contribution in [-0.4, -0.2) is 10.7 Å². The Morgan fingerprint density at radius 2 is 1.71 bits per heavy atom. The van der Waals surface area contributed by atoms with Crippen molar-refractivity contribution in [2.24, 2.45) is 39.9 Å². The van der Waals surface area contributed by atoms with Crippen molar-refractivity contribution < 1.29 is 5.11 Å². The Morgan fingerprint density at radius 3 is 2.38 bits per heavy atom. The molecule has 0 aliphatic heterocycles. The highest BCUT2D eigenvalue weighted by Gasteiger charge is 2.86. The number of hydrogen-bond donors (Lipinski definition) is 1. The molecular formula is C20H34O. The van der Waals surface area contributed by atoms with Crippen LogP contribution in [0, 0.1) is 39.9 Å². The van der Waals surface area contributed by atoms with Gasteiger partial charge in [0.15, 0.2) is 0 Å². The van der Waals surface area contributed by atoms with E-state index in [-0.39, 0.29) is 0 Å². The molecule has 2 spiro atoms. The predicted octanol–water partition coefficient (Wildman–Crippen LogP) is 5.03. The van der Waals surface area contributed by atoms with E-state index in [2.05, 4.69) is 34.6 Å². The van der Waals surface area contributed by atoms with Gasteiger partial charge in [-0.1, -0.05) is 27.7 Å². The first-order valence-electron chi connectivity index (χ1n) is 9.44. The van der Waals surface area contributed by atoms with Gasteiger partial charge in [-0.25, -0.2) is 0 Å². The average molecular weight is 290 g/mol. The molecule has 0 aromatic carbocycles. The van der Waals surface area contributed by atoms with E-state index in [1.165, 1.54) is 32.1 Å². The summed E-state index contributed by atoms with van der Waals surface area (Å²) in [5.41, 5.74) is 1.36. The van der Waals surface area contributed by atoms with Crippen LogP contribution in [0.5, 0.6) is 0 Å². The fourth-order valence-electron chi connectivity index (χ4n) is 8.42. The Balaban J connectivity index is 1.79. The van der Waals surface area contributed by atoms with E-state index >= 15 is 0 Å². The van der Waals surface area contributed by atoms with Gasteiger partial charge in [-0.15, -0.1) is 0 Å². The minimum absolute atomic E-state index is 0.390. The molecule has 4 aliphatic carbocycles. The van der Waals surface area contributed by atoms with Gasteiger partial charge < -0.3 is 5.11 Å². The second-order valence-corrected chi connectivity index (χ2v) is 10.0. The molecule has 21 heavy (non-hydrogen) atoms. The largest absolute Gasteiger partial charge is 0.390 e. The Bertz CT molecular complexity index is 462. The van der Waals surface area contributed by atoms with E-state index in [9.17, 15) is 5.11 Å². The molecular weight excluding hydrogens is 256 g/mol. The van der Waals surface area contributed by atoms with E-state index in [0.29, 0.717) is 16.2 Å². The third-order valence-corrected chi connectivity index (χ3v) is 9.15. The molecule has 0 saturated heterocycles. The molecule has 4 aliphatic rings. The third-order valence-electron chi connectivity index (χ3n) is 9.15. The lowest BCUT2D eigenvalue weighted by Gasteiger charge is -2.49. The van der Waals surface area contributed by atoms with Crippen molar-refractivity contribution in [3.8, 4) is 0 Å². The molecule has 4 rings (SSSR count). The molecule has 0 unspecified atom stereocenters. The highest BCUT2D eigenvalue weighted by Crippen LogP contribution is 2.92. The first-order valence-corrected chi connectivity index (χ1v) is 9.44. The monoisotopic (exact) mass is 290 g/mol. The normalized spacial score (nSPS) is 62.1. The molecule has 0 heterocycles. The van der Waals surface area contributed by atoms with Gasteiger partial charge in [-0.05, 0) is 91.8 Å². The molecule has 0 amide bonds. The first kappa shape index (κ1) is 14.5. The van der Waals surface area contributed by atoms with Crippen LogP contribution in [0.4, 0.5) is 0 Å². The lowest BCUT2D eigenvalue weighted by molar-refractivity contribution is -0.0209. The fraction of sp³-hybridized carbons (Fsp3) is 1.00. The Morgan fingerprint density at radius 1 is 1.00 bits per heavy atom. The summed E-state index contributed by atoms with van der Waals surface area (Å²) in [6.45, 7) is 12.2. The van der Waals surface area contributed by atoms with Crippen molar-refractivity contribution in [3.63, 3.8) is 0 Å². The van der Waals surface area contributed by atoms with Crippen LogP contribution in [-0.2, 0) is 0 Å². The summed E-state index contributed by atoms with van der Waals surface area (Å²) in [5.74, 6) is 3.44. The average Bonchev–Trinajstić information content (AvgIpc) is 2.83. The van der Waals surface area contributed by atoms with Crippen LogP contribution in [0.2, 0.25) is 0 Å². The summed E-state index contributed by atoms with van der Waals surface area (Å²) in [4.78, 5) is 0. The quantitative estimate of drug-likeness (QED) is 0.718. The smallest absolute Gasteiger partial charge is 0.0623 e. The van der Waals surface area contributed by atoms with Gasteiger partial charge in [0.05, 0.1) is 5.60 Å². The van der Waals surface area contributed by atoms with Crippen molar-refractivity contribution in [2.75, 3.05) is 0 Å². The number of hydrogen-bond acceptors (Lipinski definition) is 1. The van der Waals surface area contributed by atoms with Crippen LogP contribution >= 0.6 is 0 Å². The summed E-state index contributed by atoms with van der Waals surface area (Å²) in [7, 11) is 0. The van der Waals surface area contributed by atoms with Crippen LogP contribution in [0.1, 0.15) is 79.6 Å². The van der Waals surface area contributed by atoms with Crippen LogP contribution in [0.25, 0.3) is 0 Å². The summed E-state index contributed by atoms with van der Waals surface area (Å²) < 4.78 is 0. The topological polar surface area (TPSA) is 20.2 Å². The SMILES string of the molecule is CC(C)[C@@H]1CC[C@@]23[C@H]4C[C@](C)(O)CC[C@]42[C@H](C)CC[C@@]13C. The molecule has 0 bridgehead atoms. The van der Waals surface area contributed by atoms with Gasteiger partial charge in [-0.2, -0.15) is 0 Å². The van der Waals surface area contributed by atoms with Gasteiger partial charge in [0.2, 0.25) is 0 Å². The van der Waals surface area contributed by atoms with E-state index in [4.69, 9.17) is 0 Å². The third kappa shape index (κ3) is 1.39. The van der Waals surface area contributed by atoms with Gasteiger partial charge in [0.25, 0.3) is 0 Å². The lowest BCUT2D eigenvalue weighted by Crippen LogP contribution is -2.42. The second kappa shape index (κ2) is 3.89. The van der Waals surface area contributed by atoms with Crippen LogP contribution in [0.3, 0.4) is 0 Å². The molecule has 1 heteroatoms. The fourth-order valence-corrected chi connectivity index (χ4v) is 8.42.